The number of carboxylic acid groups (broad SMARTS) is 1. The van der Waals surface area contributed by atoms with Crippen molar-refractivity contribution in [2.45, 2.75) is 19.6 Å². The van der Waals surface area contributed by atoms with E-state index in [0.29, 0.717) is 18.1 Å². The van der Waals surface area contributed by atoms with Crippen LogP contribution in [0.2, 0.25) is 10.6 Å². The third kappa shape index (κ3) is 21.7. The van der Waals surface area contributed by atoms with Crippen LogP contribution in [0.3, 0.4) is 0 Å². The van der Waals surface area contributed by atoms with Gasteiger partial charge in [-0.05, 0) is 106 Å². The van der Waals surface area contributed by atoms with Crippen LogP contribution in [-0.2, 0) is 39.7 Å². The van der Waals surface area contributed by atoms with Gasteiger partial charge in [0.1, 0.15) is 53.1 Å². The van der Waals surface area contributed by atoms with Crippen molar-refractivity contribution in [3.05, 3.63) is 107 Å². The summed E-state index contributed by atoms with van der Waals surface area (Å²) in [5, 5.41) is 48.6. The summed E-state index contributed by atoms with van der Waals surface area (Å²) in [6.45, 7) is 0. The molecule has 0 saturated heterocycles. The number of alkyl halides is 2. The number of halogens is 4. The van der Waals surface area contributed by atoms with E-state index in [9.17, 15) is 54.1 Å². The number of hydrogen-bond donors (Lipinski definition) is 5. The van der Waals surface area contributed by atoms with Crippen LogP contribution in [0, 0.1) is 0 Å². The zero-order valence-corrected chi connectivity index (χ0v) is 58.7. The third-order valence-electron chi connectivity index (χ3n) is 8.81. The topological polar surface area (TPSA) is 472 Å². The van der Waals surface area contributed by atoms with Crippen molar-refractivity contribution < 1.29 is 186 Å². The predicted octanol–water partition coefficient (Wildman–Crippen LogP) is -6.71. The maximum atomic E-state index is 12.5. The molecule has 7 rings (SSSR count). The Kier molecular flexibility index (Phi) is 30.3. The fourth-order valence-corrected chi connectivity index (χ4v) is 8.22. The number of nitrogens with one attached hydrogen (secondary N) is 3. The Balaban J connectivity index is 0.00000264. The number of nitrogen functional groups attached to an aromatic ring is 2. The SMILES string of the molecule is CI(C)I.Nc1c(N=Nc2cc(Nc3nc(Cl)nc(Nc4cccc(S(=O)(=O)[O-])c4)n3)ccc2S(=O)(=O)[O-])cc(S(=O)(=O)[O-])c(N)c1N=Nc1cc(Nc2nc(Cl)nc(-[n+]3cccc(C(=O)[O-])c3)n2)ccc1SOO[O-].[Na+].[Na+].[Na+].[Na+]. The standard InChI is InChI=1S/C36H26Cl2N16O14S4.C2H6I2.4Na/c37-31-44-33(41-17-4-1-5-20(11-17)70(58,59)60)48-34(45-31)42-19-7-9-25(71(61,62)63)22(13-19)51-52-23-14-26(72(64,65)66)28(40)29(27(23)39)53-50-21-12-18(6-8-24(21)69-68-67-57)43-35-46-32(38)47-36(49-35)54-10-2-3-16(15-54)30(55)56;1-4(2)3;;;;/h1-15H,39-40H2,(H7-,41,42,43,44,45,46,47,48,49,55,56,57,58,59,60,61,62,63,64,65,66);1-2H3;;;;/q;;4*+1/p-4. The van der Waals surface area contributed by atoms with Crippen LogP contribution in [0.4, 0.5) is 69.0 Å². The molecule has 0 saturated carbocycles. The molecular formula is C38H28Cl2I2N16Na4O14S4. The molecule has 0 radical (unpaired) electrons. The van der Waals surface area contributed by atoms with Gasteiger partial charge in [0.05, 0.1) is 61.4 Å². The van der Waals surface area contributed by atoms with E-state index in [1.54, 1.807) is 0 Å². The van der Waals surface area contributed by atoms with Crippen molar-refractivity contribution in [1.29, 1.82) is 0 Å². The first-order chi connectivity index (χ1) is 35.7. The number of hydrogen-bond acceptors (Lipinski definition) is 30. The van der Waals surface area contributed by atoms with Gasteiger partial charge in [-0.2, -0.15) is 24.3 Å². The molecule has 7 N–H and O–H groups in total. The molecule has 0 spiro atoms. The summed E-state index contributed by atoms with van der Waals surface area (Å²) in [6.07, 6.45) is 2.57. The van der Waals surface area contributed by atoms with Crippen LogP contribution in [0.15, 0.2) is 131 Å². The maximum Gasteiger partial charge on any atom is 1.00 e. The number of carbonyl (C=O) groups is 1. The summed E-state index contributed by atoms with van der Waals surface area (Å²) in [6, 6.07) is 14.7. The molecule has 42 heteroatoms. The number of carbonyl (C=O) groups excluding carboxylic acids is 1. The fraction of sp³-hybridized carbons (Fsp3) is 0.0526. The first kappa shape index (κ1) is 73.8. The average molecular weight is 1480 g/mol. The van der Waals surface area contributed by atoms with Crippen molar-refractivity contribution in [3.8, 4) is 5.95 Å². The van der Waals surface area contributed by atoms with Gasteiger partial charge in [0, 0.05) is 22.6 Å². The minimum Gasteiger partial charge on any atom is -0.744 e. The minimum atomic E-state index is -5.48. The molecule has 0 amide bonds. The molecule has 400 valence electrons. The van der Waals surface area contributed by atoms with E-state index in [1.165, 1.54) is 53.2 Å². The van der Waals surface area contributed by atoms with E-state index in [1.807, 2.05) is 0 Å². The zero-order chi connectivity index (χ0) is 55.7. The average Bonchev–Trinajstić information content (AvgIpc) is 3.32. The number of benzene rings is 4. The normalized spacial score (nSPS) is 11.4. The van der Waals surface area contributed by atoms with Crippen LogP contribution in [0.1, 0.15) is 10.4 Å². The Morgan fingerprint density at radius 1 is 0.662 bits per heavy atom. The summed E-state index contributed by atoms with van der Waals surface area (Å²) in [4.78, 5) is 37.4. The summed E-state index contributed by atoms with van der Waals surface area (Å²) in [7, 11) is -15.6. The molecule has 3 aromatic heterocycles. The van der Waals surface area contributed by atoms with Crippen molar-refractivity contribution in [2.24, 2.45) is 20.5 Å². The van der Waals surface area contributed by atoms with Gasteiger partial charge in [0.2, 0.25) is 17.2 Å². The first-order valence-electron chi connectivity index (χ1n) is 19.7. The quantitative estimate of drug-likeness (QED) is 0.00509. The molecule has 7 aromatic rings. The predicted molar refractivity (Wildman–Crippen MR) is 280 cm³/mol. The molecule has 0 bridgehead atoms. The molecule has 80 heavy (non-hydrogen) atoms. The second-order valence-electron chi connectivity index (χ2n) is 14.3. The number of aromatic nitrogens is 7. The number of pyridine rings is 1. The molecule has 0 fully saturated rings. The van der Waals surface area contributed by atoms with Gasteiger partial charge in [-0.15, -0.1) is 20.5 Å². The molecule has 30 nitrogen and oxygen atoms in total. The van der Waals surface area contributed by atoms with E-state index in [0.717, 1.165) is 36.5 Å². The first-order valence-corrected chi connectivity index (χ1v) is 36.0. The van der Waals surface area contributed by atoms with Gasteiger partial charge in [0.15, 0.2) is 0 Å². The van der Waals surface area contributed by atoms with Crippen LogP contribution in [-0.4, -0.2) is 84.6 Å². The Morgan fingerprint density at radius 3 is 1.75 bits per heavy atom. The molecule has 3 heterocycles. The number of azo groups is 2. The number of nitrogens with zero attached hydrogens (tertiary/aromatic N) is 11. The molecule has 0 aliphatic carbocycles. The van der Waals surface area contributed by atoms with Gasteiger partial charge in [-0.3, -0.25) is 5.04 Å². The van der Waals surface area contributed by atoms with Gasteiger partial charge in [-0.1, -0.05) is 6.07 Å². The Bertz CT molecular complexity index is 3810. The number of anilines is 8. The Hall–Kier alpha value is -2.28. The number of rotatable bonds is 18. The summed E-state index contributed by atoms with van der Waals surface area (Å²) in [5.74, 6) is -2.38. The van der Waals surface area contributed by atoms with Crippen molar-refractivity contribution in [1.82, 2.24) is 29.9 Å². The van der Waals surface area contributed by atoms with E-state index in [4.69, 9.17) is 34.7 Å². The van der Waals surface area contributed by atoms with Crippen molar-refractivity contribution in [2.75, 3.05) is 37.3 Å². The molecule has 0 aliphatic rings. The summed E-state index contributed by atoms with van der Waals surface area (Å²) >= 11 is 14.7. The Labute approximate surface area is 573 Å². The van der Waals surface area contributed by atoms with Crippen LogP contribution in [0.5, 0.6) is 0 Å². The number of nitrogens with two attached hydrogens (primary N) is 2. The van der Waals surface area contributed by atoms with Gasteiger partial charge < -0.3 is 56.2 Å². The van der Waals surface area contributed by atoms with E-state index in [2.05, 4.69) is 104 Å². The summed E-state index contributed by atoms with van der Waals surface area (Å²) < 4.78 is 115. The monoisotopic (exact) mass is 1480 g/mol. The minimum absolute atomic E-state index is 0. The fourth-order valence-electron chi connectivity index (χ4n) is 5.76. The van der Waals surface area contributed by atoms with E-state index in [-0.39, 0.29) is 196 Å². The van der Waals surface area contributed by atoms with Gasteiger partial charge in [0.25, 0.3) is 0 Å². The van der Waals surface area contributed by atoms with Gasteiger partial charge >= 0.3 is 180 Å². The smallest absolute Gasteiger partial charge is 0.744 e. The van der Waals surface area contributed by atoms with E-state index < -0.39 is 84.7 Å². The molecule has 0 unspecified atom stereocenters. The number of aromatic carboxylic acids is 1. The van der Waals surface area contributed by atoms with Crippen molar-refractivity contribution >= 4 is 175 Å². The molecule has 4 aromatic carbocycles. The van der Waals surface area contributed by atoms with Crippen LogP contribution >= 0.6 is 69.7 Å². The summed E-state index contributed by atoms with van der Waals surface area (Å²) in [5.41, 5.74) is 8.54. The zero-order valence-electron chi connectivity index (χ0n) is 41.6. The van der Waals surface area contributed by atoms with Crippen LogP contribution < -0.4 is 161 Å². The third-order valence-corrected chi connectivity index (χ3v) is 12.4. The second-order valence-corrected chi connectivity index (χ2v) is 34.5. The van der Waals surface area contributed by atoms with Crippen molar-refractivity contribution in [3.63, 3.8) is 0 Å². The molecule has 0 atom stereocenters. The second kappa shape index (κ2) is 32.8. The van der Waals surface area contributed by atoms with E-state index >= 15 is 0 Å². The molecule has 0 aliphatic heterocycles. The Morgan fingerprint density at radius 2 is 1.19 bits per heavy atom. The largest absolute Gasteiger partial charge is 1.00 e. The van der Waals surface area contributed by atoms with Gasteiger partial charge in [-0.25, -0.2) is 29.8 Å². The number of carboxylic acids is 1. The maximum absolute atomic E-state index is 12.5. The molecular weight excluding hydrogens is 1450 g/mol. The van der Waals surface area contributed by atoms with Crippen LogP contribution in [0.25, 0.3) is 5.95 Å².